The average molecular weight is 283 g/mol. The van der Waals surface area contributed by atoms with Crippen molar-refractivity contribution in [3.8, 4) is 0 Å². The molecule has 6 heteroatoms. The zero-order valence-electron chi connectivity index (χ0n) is 13.5. The summed E-state index contributed by atoms with van der Waals surface area (Å²) in [6.45, 7) is 9.55. The zero-order valence-corrected chi connectivity index (χ0v) is 14.5. The minimum absolute atomic E-state index is 1.03. The number of hydrogen-bond donors (Lipinski definition) is 0. The van der Waals surface area contributed by atoms with Gasteiger partial charge in [0.1, 0.15) is 0 Å². The number of hydrogen-bond acceptors (Lipinski definition) is 0. The molecule has 0 fully saturated rings. The summed E-state index contributed by atoms with van der Waals surface area (Å²) >= 11 is 0. The van der Waals surface area contributed by atoms with Gasteiger partial charge in [-0.2, -0.15) is 0 Å². The molecule has 0 unspecified atom stereocenters. The van der Waals surface area contributed by atoms with E-state index in [4.69, 9.17) is 0 Å². The van der Waals surface area contributed by atoms with Gasteiger partial charge in [-0.25, -0.2) is 0 Å². The molecule has 0 atom stereocenters. The Labute approximate surface area is 112 Å². The SMILES string of the molecule is CCN(CC)C(N(C)C)=[N+](C)C.C[Si-](C)(C)(F)F. The number of nitrogens with zero attached hydrogens (tertiary/aromatic N) is 3. The van der Waals surface area contributed by atoms with Gasteiger partial charge < -0.3 is 0 Å². The van der Waals surface area contributed by atoms with E-state index >= 15 is 0 Å². The molecule has 0 spiro atoms. The fourth-order valence-corrected chi connectivity index (χ4v) is 1.47. The molecule has 0 amide bonds. The molecule has 0 aromatic heterocycles. The second-order valence-corrected chi connectivity index (χ2v) is 11.4. The number of rotatable bonds is 2. The molecule has 0 aromatic rings. The van der Waals surface area contributed by atoms with Gasteiger partial charge in [0.05, 0.1) is 41.3 Å². The van der Waals surface area contributed by atoms with E-state index in [-0.39, 0.29) is 0 Å². The van der Waals surface area contributed by atoms with Crippen molar-refractivity contribution in [1.29, 1.82) is 0 Å². The third kappa shape index (κ3) is 13.4. The minimum atomic E-state index is -4.25. The summed E-state index contributed by atoms with van der Waals surface area (Å²) in [4.78, 5) is 4.48. The average Bonchev–Trinajstić information content (AvgIpc) is 2.07. The van der Waals surface area contributed by atoms with E-state index in [9.17, 15) is 8.22 Å². The Morgan fingerprint density at radius 2 is 1.28 bits per heavy atom. The molecule has 0 aliphatic carbocycles. The van der Waals surface area contributed by atoms with E-state index in [2.05, 4.69) is 56.4 Å². The van der Waals surface area contributed by atoms with Crippen LogP contribution in [0.2, 0.25) is 19.6 Å². The fraction of sp³-hybridized carbons (Fsp3) is 0.917. The Hall–Kier alpha value is -0.653. The standard InChI is InChI=1S/C9H22N3.C3H9F2Si/c1-7-12(8-2)9(10(3)4)11(5)6;1-6(2,3,4)5/h7-8H2,1-6H3;1-3H3/q+1;-1. The molecule has 112 valence electrons. The van der Waals surface area contributed by atoms with E-state index < -0.39 is 8.02 Å². The molecule has 0 bridgehead atoms. The van der Waals surface area contributed by atoms with Gasteiger partial charge in [-0.3, -0.25) is 14.4 Å². The maximum absolute atomic E-state index is 11.9. The molecule has 0 aromatic carbocycles. The van der Waals surface area contributed by atoms with Crippen LogP contribution in [-0.4, -0.2) is 69.6 Å². The van der Waals surface area contributed by atoms with Crippen molar-refractivity contribution in [2.24, 2.45) is 0 Å². The van der Waals surface area contributed by atoms with Crippen LogP contribution >= 0.6 is 0 Å². The third-order valence-electron chi connectivity index (χ3n) is 1.85. The van der Waals surface area contributed by atoms with E-state index in [0.29, 0.717) is 0 Å². The molecule has 0 aliphatic heterocycles. The van der Waals surface area contributed by atoms with Crippen molar-refractivity contribution in [3.63, 3.8) is 0 Å². The van der Waals surface area contributed by atoms with Crippen LogP contribution in [0.1, 0.15) is 13.8 Å². The predicted molar refractivity (Wildman–Crippen MR) is 79.3 cm³/mol. The molecule has 0 aliphatic rings. The first-order chi connectivity index (χ1) is 7.78. The van der Waals surface area contributed by atoms with Crippen LogP contribution < -0.4 is 0 Å². The molecule has 0 N–H and O–H groups in total. The van der Waals surface area contributed by atoms with Gasteiger partial charge in [0.2, 0.25) is 0 Å². The van der Waals surface area contributed by atoms with Crippen molar-refractivity contribution in [2.45, 2.75) is 33.5 Å². The summed E-state index contributed by atoms with van der Waals surface area (Å²) in [6, 6.07) is 0. The summed E-state index contributed by atoms with van der Waals surface area (Å²) in [5, 5.41) is 0. The van der Waals surface area contributed by atoms with Gasteiger partial charge in [0.25, 0.3) is 0 Å². The van der Waals surface area contributed by atoms with Crippen LogP contribution in [0, 0.1) is 0 Å². The second kappa shape index (κ2) is 7.06. The van der Waals surface area contributed by atoms with Gasteiger partial charge in [-0.05, 0) is 13.8 Å². The zero-order chi connectivity index (χ0) is 15.2. The first kappa shape index (κ1) is 19.7. The van der Waals surface area contributed by atoms with Crippen LogP contribution in [0.5, 0.6) is 0 Å². The van der Waals surface area contributed by atoms with Crippen molar-refractivity contribution in [1.82, 2.24) is 9.80 Å². The van der Waals surface area contributed by atoms with Gasteiger partial charge in [-0.15, -0.1) is 0 Å². The topological polar surface area (TPSA) is 9.49 Å². The summed E-state index contributed by atoms with van der Waals surface area (Å²) in [7, 11) is 4.06. The van der Waals surface area contributed by atoms with Crippen LogP contribution in [0.3, 0.4) is 0 Å². The molecular formula is C12H31F2N3Si. The third-order valence-corrected chi connectivity index (χ3v) is 1.85. The summed E-state index contributed by atoms with van der Waals surface area (Å²) in [5.41, 5.74) is 0. The van der Waals surface area contributed by atoms with Crippen LogP contribution in [-0.2, 0) is 0 Å². The van der Waals surface area contributed by atoms with Crippen molar-refractivity contribution < 1.29 is 12.8 Å². The van der Waals surface area contributed by atoms with Crippen molar-refractivity contribution in [3.05, 3.63) is 0 Å². The molecule has 0 rings (SSSR count). The first-order valence-electron chi connectivity index (χ1n) is 6.38. The molecular weight excluding hydrogens is 252 g/mol. The molecule has 3 nitrogen and oxygen atoms in total. The quantitative estimate of drug-likeness (QED) is 0.253. The first-order valence-corrected chi connectivity index (χ1v) is 10.1. The van der Waals surface area contributed by atoms with E-state index in [1.165, 1.54) is 5.96 Å². The Morgan fingerprint density at radius 1 is 1.00 bits per heavy atom. The monoisotopic (exact) mass is 283 g/mol. The Bertz CT molecular complexity index is 256. The Morgan fingerprint density at radius 3 is 1.33 bits per heavy atom. The van der Waals surface area contributed by atoms with E-state index in [0.717, 1.165) is 32.7 Å². The van der Waals surface area contributed by atoms with Crippen LogP contribution in [0.15, 0.2) is 0 Å². The van der Waals surface area contributed by atoms with Gasteiger partial charge in [-0.1, -0.05) is 0 Å². The van der Waals surface area contributed by atoms with E-state index in [1.807, 2.05) is 0 Å². The van der Waals surface area contributed by atoms with Crippen LogP contribution in [0.25, 0.3) is 0 Å². The summed E-state index contributed by atoms with van der Waals surface area (Å²) in [5.74, 6) is 1.26. The summed E-state index contributed by atoms with van der Waals surface area (Å²) in [6.07, 6.45) is 0. The van der Waals surface area contributed by atoms with Crippen molar-refractivity contribution in [2.75, 3.05) is 41.3 Å². The predicted octanol–water partition coefficient (Wildman–Crippen LogP) is 2.73. The fourth-order valence-electron chi connectivity index (χ4n) is 1.47. The molecule has 0 radical (unpaired) electrons. The molecule has 0 heterocycles. The molecule has 0 saturated carbocycles. The van der Waals surface area contributed by atoms with Gasteiger partial charge in [0, 0.05) is 0 Å². The Balaban J connectivity index is 0. The van der Waals surface area contributed by atoms with Crippen LogP contribution in [0.4, 0.5) is 8.22 Å². The number of guanidine groups is 1. The molecule has 0 saturated heterocycles. The second-order valence-electron chi connectivity index (χ2n) is 5.97. The maximum atomic E-state index is 11.9. The van der Waals surface area contributed by atoms with E-state index in [1.54, 1.807) is 0 Å². The van der Waals surface area contributed by atoms with Gasteiger partial charge in [0.15, 0.2) is 0 Å². The summed E-state index contributed by atoms with van der Waals surface area (Å²) < 4.78 is 25.9. The van der Waals surface area contributed by atoms with Gasteiger partial charge >= 0.3 is 41.8 Å². The van der Waals surface area contributed by atoms with Crippen molar-refractivity contribution >= 4 is 14.0 Å². The molecule has 18 heavy (non-hydrogen) atoms. The normalized spacial score (nSPS) is 12.7. The number of halogens is 2. The Kier molecular flexibility index (Phi) is 7.72.